The maximum atomic E-state index is 12.4. The molecule has 0 fully saturated rings. The minimum absolute atomic E-state index is 0.225. The number of aromatic nitrogens is 4. The SMILES string of the molecule is CCCn1c(=O)c2c(c(C)nn2C)n(CCC)c1=O. The van der Waals surface area contributed by atoms with Crippen LogP contribution in [-0.2, 0) is 20.1 Å². The Labute approximate surface area is 111 Å². The van der Waals surface area contributed by atoms with Crippen molar-refractivity contribution in [1.82, 2.24) is 18.9 Å². The van der Waals surface area contributed by atoms with E-state index in [4.69, 9.17) is 0 Å². The maximum absolute atomic E-state index is 12.4. The molecule has 6 heteroatoms. The number of nitrogens with zero attached hydrogens (tertiary/aromatic N) is 4. The average molecular weight is 264 g/mol. The molecule has 2 aromatic heterocycles. The van der Waals surface area contributed by atoms with Crippen molar-refractivity contribution < 1.29 is 0 Å². The number of aryl methyl sites for hydroxylation is 3. The van der Waals surface area contributed by atoms with Crippen molar-refractivity contribution >= 4 is 11.0 Å². The Morgan fingerprint density at radius 1 is 1.00 bits per heavy atom. The van der Waals surface area contributed by atoms with Gasteiger partial charge in [-0.15, -0.1) is 0 Å². The molecule has 0 N–H and O–H groups in total. The van der Waals surface area contributed by atoms with Crippen LogP contribution < -0.4 is 11.2 Å². The Morgan fingerprint density at radius 3 is 2.16 bits per heavy atom. The Bertz CT molecular complexity index is 721. The molecule has 2 heterocycles. The third-order valence-corrected chi connectivity index (χ3v) is 3.26. The lowest BCUT2D eigenvalue weighted by Crippen LogP contribution is -2.40. The first-order valence-electron chi connectivity index (χ1n) is 6.69. The van der Waals surface area contributed by atoms with E-state index >= 15 is 0 Å². The lowest BCUT2D eigenvalue weighted by Gasteiger charge is -2.11. The fourth-order valence-electron chi connectivity index (χ4n) is 2.52. The van der Waals surface area contributed by atoms with Gasteiger partial charge in [-0.25, -0.2) is 4.79 Å². The second-order valence-corrected chi connectivity index (χ2v) is 4.80. The van der Waals surface area contributed by atoms with Crippen molar-refractivity contribution in [3.05, 3.63) is 26.5 Å². The fourth-order valence-corrected chi connectivity index (χ4v) is 2.52. The van der Waals surface area contributed by atoms with Gasteiger partial charge in [0.2, 0.25) is 0 Å². The first-order chi connectivity index (χ1) is 9.02. The van der Waals surface area contributed by atoms with Crippen LogP contribution in [-0.4, -0.2) is 18.9 Å². The van der Waals surface area contributed by atoms with E-state index in [0.717, 1.165) is 18.5 Å². The lowest BCUT2D eigenvalue weighted by atomic mass is 10.3. The van der Waals surface area contributed by atoms with Gasteiger partial charge in [0.05, 0.1) is 11.2 Å². The zero-order valence-electron chi connectivity index (χ0n) is 11.9. The van der Waals surface area contributed by atoms with Gasteiger partial charge in [-0.1, -0.05) is 13.8 Å². The highest BCUT2D eigenvalue weighted by Gasteiger charge is 2.18. The number of fused-ring (bicyclic) bond motifs is 1. The summed E-state index contributed by atoms with van der Waals surface area (Å²) in [5.41, 5.74) is 1.45. The van der Waals surface area contributed by atoms with Gasteiger partial charge < -0.3 is 0 Å². The predicted molar refractivity (Wildman–Crippen MR) is 74.6 cm³/mol. The second kappa shape index (κ2) is 5.03. The van der Waals surface area contributed by atoms with Gasteiger partial charge in [0.25, 0.3) is 5.56 Å². The van der Waals surface area contributed by atoms with Gasteiger partial charge in [0.15, 0.2) is 5.52 Å². The van der Waals surface area contributed by atoms with Crippen LogP contribution in [0.5, 0.6) is 0 Å². The van der Waals surface area contributed by atoms with E-state index in [1.807, 2.05) is 20.8 Å². The van der Waals surface area contributed by atoms with E-state index in [-0.39, 0.29) is 11.2 Å². The second-order valence-electron chi connectivity index (χ2n) is 4.80. The summed E-state index contributed by atoms with van der Waals surface area (Å²) in [6, 6.07) is 0. The van der Waals surface area contributed by atoms with E-state index in [1.165, 1.54) is 4.57 Å². The van der Waals surface area contributed by atoms with E-state index in [1.54, 1.807) is 16.3 Å². The van der Waals surface area contributed by atoms with Gasteiger partial charge in [-0.2, -0.15) is 5.10 Å². The van der Waals surface area contributed by atoms with Crippen molar-refractivity contribution in [2.45, 2.75) is 46.7 Å². The molecule has 6 nitrogen and oxygen atoms in total. The molecule has 0 saturated carbocycles. The summed E-state index contributed by atoms with van der Waals surface area (Å²) in [5.74, 6) is 0. The molecule has 19 heavy (non-hydrogen) atoms. The maximum Gasteiger partial charge on any atom is 0.331 e. The zero-order chi connectivity index (χ0) is 14.2. The van der Waals surface area contributed by atoms with Crippen molar-refractivity contribution in [3.63, 3.8) is 0 Å². The van der Waals surface area contributed by atoms with Crippen LogP contribution in [0.4, 0.5) is 0 Å². The molecule has 0 atom stereocenters. The standard InChI is InChI=1S/C13H20N4O2/c1-5-7-16-10-9(3)14-15(4)11(10)12(18)17(8-6-2)13(16)19/h5-8H2,1-4H3. The van der Waals surface area contributed by atoms with Crippen LogP contribution in [0.15, 0.2) is 9.59 Å². The highest BCUT2D eigenvalue weighted by atomic mass is 16.2. The quantitative estimate of drug-likeness (QED) is 0.828. The number of rotatable bonds is 4. The normalized spacial score (nSPS) is 11.4. The largest absolute Gasteiger partial charge is 0.331 e. The van der Waals surface area contributed by atoms with Crippen molar-refractivity contribution in [2.75, 3.05) is 0 Å². The van der Waals surface area contributed by atoms with Crippen LogP contribution in [0, 0.1) is 6.92 Å². The first-order valence-corrected chi connectivity index (χ1v) is 6.69. The first kappa shape index (κ1) is 13.6. The van der Waals surface area contributed by atoms with Gasteiger partial charge in [-0.05, 0) is 19.8 Å². The van der Waals surface area contributed by atoms with E-state index in [2.05, 4.69) is 5.10 Å². The molecule has 0 amide bonds. The molecule has 0 aliphatic carbocycles. The third kappa shape index (κ3) is 2.01. The summed E-state index contributed by atoms with van der Waals surface area (Å²) in [5, 5.41) is 4.28. The predicted octanol–water partition coefficient (Wildman–Crippen LogP) is 1.03. The summed E-state index contributed by atoms with van der Waals surface area (Å²) < 4.78 is 4.57. The molecular weight excluding hydrogens is 244 g/mol. The Morgan fingerprint density at radius 2 is 1.58 bits per heavy atom. The molecule has 104 valence electrons. The Hall–Kier alpha value is -1.85. The van der Waals surface area contributed by atoms with Crippen LogP contribution in [0.2, 0.25) is 0 Å². The van der Waals surface area contributed by atoms with E-state index < -0.39 is 0 Å². The molecule has 0 radical (unpaired) electrons. The van der Waals surface area contributed by atoms with Crippen LogP contribution in [0.25, 0.3) is 11.0 Å². The molecule has 2 rings (SSSR count). The summed E-state index contributed by atoms with van der Waals surface area (Å²) in [4.78, 5) is 24.9. The zero-order valence-corrected chi connectivity index (χ0v) is 11.9. The summed E-state index contributed by atoms with van der Waals surface area (Å²) in [7, 11) is 1.74. The number of hydrogen-bond acceptors (Lipinski definition) is 3. The topological polar surface area (TPSA) is 61.8 Å². The minimum Gasteiger partial charge on any atom is -0.290 e. The highest BCUT2D eigenvalue weighted by molar-refractivity contribution is 5.76. The van der Waals surface area contributed by atoms with Crippen LogP contribution in [0.3, 0.4) is 0 Å². The molecule has 0 aliphatic rings. The van der Waals surface area contributed by atoms with Crippen LogP contribution >= 0.6 is 0 Å². The van der Waals surface area contributed by atoms with Gasteiger partial charge in [-0.3, -0.25) is 18.6 Å². The summed E-state index contributed by atoms with van der Waals surface area (Å²) in [6.45, 7) is 6.85. The number of hydrogen-bond donors (Lipinski definition) is 0. The van der Waals surface area contributed by atoms with Gasteiger partial charge in [0, 0.05) is 20.1 Å². The summed E-state index contributed by atoms with van der Waals surface area (Å²) in [6.07, 6.45) is 1.59. The van der Waals surface area contributed by atoms with Gasteiger partial charge >= 0.3 is 5.69 Å². The van der Waals surface area contributed by atoms with Crippen molar-refractivity contribution in [1.29, 1.82) is 0 Å². The molecule has 0 aromatic carbocycles. The molecule has 2 aromatic rings. The van der Waals surface area contributed by atoms with Crippen molar-refractivity contribution in [3.8, 4) is 0 Å². The van der Waals surface area contributed by atoms with Crippen LogP contribution in [0.1, 0.15) is 32.4 Å². The fraction of sp³-hybridized carbons (Fsp3) is 0.615. The average Bonchev–Trinajstić information content (AvgIpc) is 2.65. The molecule has 0 spiro atoms. The van der Waals surface area contributed by atoms with E-state index in [0.29, 0.717) is 24.1 Å². The molecule has 0 saturated heterocycles. The minimum atomic E-state index is -0.239. The molecule has 0 unspecified atom stereocenters. The van der Waals surface area contributed by atoms with Gasteiger partial charge in [0.1, 0.15) is 0 Å². The molecule has 0 bridgehead atoms. The Balaban J connectivity index is 2.97. The molecule has 0 aliphatic heterocycles. The molecular formula is C13H20N4O2. The monoisotopic (exact) mass is 264 g/mol. The summed E-state index contributed by atoms with van der Waals surface area (Å²) >= 11 is 0. The Kier molecular flexibility index (Phi) is 3.59. The lowest BCUT2D eigenvalue weighted by molar-refractivity contribution is 0.556. The highest BCUT2D eigenvalue weighted by Crippen LogP contribution is 2.12. The van der Waals surface area contributed by atoms with Crippen molar-refractivity contribution in [2.24, 2.45) is 7.05 Å². The van der Waals surface area contributed by atoms with E-state index in [9.17, 15) is 9.59 Å². The smallest absolute Gasteiger partial charge is 0.290 e. The third-order valence-electron chi connectivity index (χ3n) is 3.26.